The zero-order valence-corrected chi connectivity index (χ0v) is 12.1. The van der Waals surface area contributed by atoms with Crippen molar-refractivity contribution in [2.75, 3.05) is 11.9 Å². The fourth-order valence-corrected chi connectivity index (χ4v) is 1.96. The van der Waals surface area contributed by atoms with Gasteiger partial charge in [0.25, 0.3) is 11.5 Å². The third-order valence-electron chi connectivity index (χ3n) is 3.00. The maximum absolute atomic E-state index is 11.9. The average Bonchev–Trinajstić information content (AvgIpc) is 2.47. The van der Waals surface area contributed by atoms with Crippen molar-refractivity contribution in [1.82, 2.24) is 4.98 Å². The number of aromatic amines is 1. The van der Waals surface area contributed by atoms with Gasteiger partial charge in [0.05, 0.1) is 0 Å². The number of pyridine rings is 1. The molecule has 2 N–H and O–H groups in total. The molecule has 0 radical (unpaired) electrons. The first-order valence-electron chi connectivity index (χ1n) is 6.77. The Bertz CT molecular complexity index is 677. The van der Waals surface area contributed by atoms with E-state index in [1.807, 2.05) is 24.3 Å². The van der Waals surface area contributed by atoms with Crippen molar-refractivity contribution in [3.63, 3.8) is 0 Å². The van der Waals surface area contributed by atoms with Gasteiger partial charge >= 0.3 is 0 Å². The first-order chi connectivity index (χ1) is 10.1. The van der Waals surface area contributed by atoms with Gasteiger partial charge in [-0.05, 0) is 29.7 Å². The molecule has 5 nitrogen and oxygen atoms in total. The number of amides is 1. The van der Waals surface area contributed by atoms with Crippen LogP contribution in [-0.2, 0) is 4.79 Å². The van der Waals surface area contributed by atoms with Gasteiger partial charge in [0, 0.05) is 11.9 Å². The van der Waals surface area contributed by atoms with Crippen molar-refractivity contribution in [2.45, 2.75) is 19.8 Å². The Kier molecular flexibility index (Phi) is 4.77. The number of carbonyl (C=O) groups is 1. The van der Waals surface area contributed by atoms with Crippen LogP contribution in [0.3, 0.4) is 0 Å². The van der Waals surface area contributed by atoms with Crippen LogP contribution in [0.5, 0.6) is 5.75 Å². The number of benzene rings is 1. The molecular weight excluding hydrogens is 268 g/mol. The van der Waals surface area contributed by atoms with Crippen LogP contribution in [0.15, 0.2) is 47.4 Å². The van der Waals surface area contributed by atoms with Crippen molar-refractivity contribution in [1.29, 1.82) is 0 Å². The molecule has 0 spiro atoms. The van der Waals surface area contributed by atoms with E-state index >= 15 is 0 Å². The molecule has 2 rings (SSSR count). The Morgan fingerprint density at radius 2 is 2.00 bits per heavy atom. The summed E-state index contributed by atoms with van der Waals surface area (Å²) in [4.78, 5) is 25.8. The van der Waals surface area contributed by atoms with E-state index in [1.165, 1.54) is 12.3 Å². The molecule has 0 atom stereocenters. The van der Waals surface area contributed by atoms with Crippen molar-refractivity contribution in [3.05, 3.63) is 58.5 Å². The molecule has 1 aromatic carbocycles. The second kappa shape index (κ2) is 6.74. The van der Waals surface area contributed by atoms with Gasteiger partial charge in [0.1, 0.15) is 0 Å². The van der Waals surface area contributed by atoms with Gasteiger partial charge < -0.3 is 15.0 Å². The second-order valence-corrected chi connectivity index (χ2v) is 4.94. The quantitative estimate of drug-likeness (QED) is 0.887. The van der Waals surface area contributed by atoms with Gasteiger partial charge in [0.15, 0.2) is 12.4 Å². The monoisotopic (exact) mass is 286 g/mol. The summed E-state index contributed by atoms with van der Waals surface area (Å²) in [5.41, 5.74) is 1.47. The van der Waals surface area contributed by atoms with Crippen LogP contribution in [0.2, 0.25) is 0 Å². The molecule has 0 aliphatic rings. The highest BCUT2D eigenvalue weighted by Gasteiger charge is 2.10. The summed E-state index contributed by atoms with van der Waals surface area (Å²) in [6, 6.07) is 10.8. The van der Waals surface area contributed by atoms with Crippen LogP contribution < -0.4 is 15.6 Å². The second-order valence-electron chi connectivity index (χ2n) is 4.94. The Labute approximate surface area is 123 Å². The third kappa shape index (κ3) is 3.95. The van der Waals surface area contributed by atoms with Crippen LogP contribution in [0.4, 0.5) is 5.69 Å². The Morgan fingerprint density at radius 3 is 2.71 bits per heavy atom. The molecule has 1 aromatic heterocycles. The number of nitrogens with one attached hydrogen (secondary N) is 2. The Hall–Kier alpha value is -2.56. The maximum atomic E-state index is 11.9. The van der Waals surface area contributed by atoms with E-state index in [-0.39, 0.29) is 23.8 Å². The molecule has 5 heteroatoms. The summed E-state index contributed by atoms with van der Waals surface area (Å²) < 4.78 is 5.22. The molecule has 110 valence electrons. The predicted octanol–water partition coefficient (Wildman–Crippen LogP) is 2.52. The molecular formula is C16H18N2O3. The summed E-state index contributed by atoms with van der Waals surface area (Å²) >= 11 is 0. The number of para-hydroxylation sites is 1. The van der Waals surface area contributed by atoms with Gasteiger partial charge in [-0.1, -0.05) is 32.0 Å². The summed E-state index contributed by atoms with van der Waals surface area (Å²) in [7, 11) is 0. The van der Waals surface area contributed by atoms with Crippen molar-refractivity contribution < 1.29 is 9.53 Å². The summed E-state index contributed by atoms with van der Waals surface area (Å²) in [5, 5.41) is 2.81. The van der Waals surface area contributed by atoms with Crippen LogP contribution in [-0.4, -0.2) is 17.5 Å². The lowest BCUT2D eigenvalue weighted by molar-refractivity contribution is -0.118. The normalized spacial score (nSPS) is 10.4. The lowest BCUT2D eigenvalue weighted by atomic mass is 10.0. The molecule has 0 bridgehead atoms. The van der Waals surface area contributed by atoms with Gasteiger partial charge in [-0.25, -0.2) is 0 Å². The highest BCUT2D eigenvalue weighted by Crippen LogP contribution is 2.23. The molecule has 0 saturated carbocycles. The largest absolute Gasteiger partial charge is 0.478 e. The van der Waals surface area contributed by atoms with E-state index in [4.69, 9.17) is 4.74 Å². The Morgan fingerprint density at radius 1 is 1.24 bits per heavy atom. The van der Waals surface area contributed by atoms with Crippen LogP contribution in [0.1, 0.15) is 25.3 Å². The van der Waals surface area contributed by atoms with Crippen molar-refractivity contribution in [2.24, 2.45) is 0 Å². The Balaban J connectivity index is 2.00. The number of anilines is 1. The number of hydrogen-bond donors (Lipinski definition) is 2. The molecule has 1 heterocycles. The van der Waals surface area contributed by atoms with Crippen LogP contribution >= 0.6 is 0 Å². The van der Waals surface area contributed by atoms with Gasteiger partial charge in [-0.15, -0.1) is 0 Å². The molecule has 0 aliphatic heterocycles. The molecule has 2 aromatic rings. The SMILES string of the molecule is CC(C)c1ccccc1NC(=O)COc1ccc[nH]c1=O. The molecule has 0 saturated heterocycles. The third-order valence-corrected chi connectivity index (χ3v) is 3.00. The minimum atomic E-state index is -0.354. The zero-order chi connectivity index (χ0) is 15.2. The lowest BCUT2D eigenvalue weighted by Gasteiger charge is -2.13. The first-order valence-corrected chi connectivity index (χ1v) is 6.77. The highest BCUT2D eigenvalue weighted by molar-refractivity contribution is 5.92. The number of ether oxygens (including phenoxy) is 1. The van der Waals surface area contributed by atoms with E-state index in [0.29, 0.717) is 5.92 Å². The maximum Gasteiger partial charge on any atom is 0.290 e. The summed E-state index contributed by atoms with van der Waals surface area (Å²) in [6.07, 6.45) is 1.51. The van der Waals surface area contributed by atoms with Gasteiger partial charge in [-0.3, -0.25) is 9.59 Å². The summed E-state index contributed by atoms with van der Waals surface area (Å²) in [5.74, 6) is 0.135. The van der Waals surface area contributed by atoms with E-state index in [9.17, 15) is 9.59 Å². The molecule has 0 fully saturated rings. The van der Waals surface area contributed by atoms with Gasteiger partial charge in [-0.2, -0.15) is 0 Å². The zero-order valence-electron chi connectivity index (χ0n) is 12.1. The van der Waals surface area contributed by atoms with E-state index in [1.54, 1.807) is 6.07 Å². The van der Waals surface area contributed by atoms with E-state index < -0.39 is 0 Å². The smallest absolute Gasteiger partial charge is 0.290 e. The predicted molar refractivity (Wildman–Crippen MR) is 81.7 cm³/mol. The number of aromatic nitrogens is 1. The average molecular weight is 286 g/mol. The highest BCUT2D eigenvalue weighted by atomic mass is 16.5. The fourth-order valence-electron chi connectivity index (χ4n) is 1.96. The number of carbonyl (C=O) groups excluding carboxylic acids is 1. The minimum Gasteiger partial charge on any atom is -0.478 e. The van der Waals surface area contributed by atoms with Gasteiger partial charge in [0.2, 0.25) is 0 Å². The number of rotatable bonds is 5. The van der Waals surface area contributed by atoms with Crippen molar-refractivity contribution >= 4 is 11.6 Å². The van der Waals surface area contributed by atoms with Crippen LogP contribution in [0, 0.1) is 0 Å². The number of H-pyrrole nitrogens is 1. The van der Waals surface area contributed by atoms with E-state index in [0.717, 1.165) is 11.3 Å². The van der Waals surface area contributed by atoms with Crippen molar-refractivity contribution in [3.8, 4) is 5.75 Å². The lowest BCUT2D eigenvalue weighted by Crippen LogP contribution is -2.23. The molecule has 0 unspecified atom stereocenters. The molecule has 1 amide bonds. The molecule has 0 aliphatic carbocycles. The molecule has 21 heavy (non-hydrogen) atoms. The first kappa shape index (κ1) is 14.8. The number of hydrogen-bond acceptors (Lipinski definition) is 3. The summed E-state index contributed by atoms with van der Waals surface area (Å²) in [6.45, 7) is 3.91. The van der Waals surface area contributed by atoms with Crippen LogP contribution in [0.25, 0.3) is 0 Å². The standard InChI is InChI=1S/C16H18N2O3/c1-11(2)12-6-3-4-7-13(12)18-15(19)10-21-14-8-5-9-17-16(14)20/h3-9,11H,10H2,1-2H3,(H,17,20)(H,18,19). The fraction of sp³-hybridized carbons (Fsp3) is 0.250. The minimum absolute atomic E-state index is 0.129. The van der Waals surface area contributed by atoms with E-state index in [2.05, 4.69) is 24.1 Å². The topological polar surface area (TPSA) is 71.2 Å².